The number of nitrogens with zero attached hydrogens (tertiary/aromatic N) is 2. The van der Waals surface area contributed by atoms with E-state index in [4.69, 9.17) is 14.0 Å². The average Bonchev–Trinajstić information content (AvgIpc) is 2.94. The molecule has 0 aliphatic carbocycles. The third-order valence-corrected chi connectivity index (χ3v) is 4.73. The van der Waals surface area contributed by atoms with E-state index in [9.17, 15) is 0 Å². The van der Waals surface area contributed by atoms with Crippen molar-refractivity contribution in [3.8, 4) is 0 Å². The van der Waals surface area contributed by atoms with E-state index in [1.165, 1.54) is 0 Å². The van der Waals surface area contributed by atoms with Crippen molar-refractivity contribution in [1.82, 2.24) is 9.55 Å². The van der Waals surface area contributed by atoms with Crippen LogP contribution in [0.2, 0.25) is 0 Å². The Kier molecular flexibility index (Phi) is 3.43. The second kappa shape index (κ2) is 4.86. The molecule has 0 spiro atoms. The van der Waals surface area contributed by atoms with Crippen LogP contribution in [0.1, 0.15) is 46.6 Å². The van der Waals surface area contributed by atoms with Crippen molar-refractivity contribution in [1.29, 1.82) is 0 Å². The number of hydrogen-bond acceptors (Lipinski definition) is 4. The summed E-state index contributed by atoms with van der Waals surface area (Å²) < 4.78 is 19.6. The minimum Gasteiger partial charge on any atom is -0.398 e. The molecule has 0 N–H and O–H groups in total. The molecule has 0 atom stereocenters. The second-order valence-corrected chi connectivity index (χ2v) is 6.68. The van der Waals surface area contributed by atoms with Crippen molar-refractivity contribution in [3.05, 3.63) is 12.5 Å². The van der Waals surface area contributed by atoms with Gasteiger partial charge >= 0.3 is 7.12 Å². The van der Waals surface area contributed by atoms with Gasteiger partial charge in [0.25, 0.3) is 0 Å². The summed E-state index contributed by atoms with van der Waals surface area (Å²) in [4.78, 5) is 4.48. The van der Waals surface area contributed by atoms with Gasteiger partial charge in [-0.1, -0.05) is 0 Å². The van der Waals surface area contributed by atoms with E-state index in [2.05, 4.69) is 43.4 Å². The molecule has 2 aliphatic heterocycles. The molecule has 0 aromatic carbocycles. The van der Waals surface area contributed by atoms with Gasteiger partial charge in [0.2, 0.25) is 0 Å². The predicted octanol–water partition coefficient (Wildman–Crippen LogP) is 1.53. The van der Waals surface area contributed by atoms with Crippen molar-refractivity contribution >= 4 is 12.7 Å². The van der Waals surface area contributed by atoms with E-state index in [0.717, 1.165) is 31.6 Å². The van der Waals surface area contributed by atoms with Gasteiger partial charge < -0.3 is 18.6 Å². The molecule has 5 nitrogen and oxygen atoms in total. The van der Waals surface area contributed by atoms with Gasteiger partial charge in [-0.3, -0.25) is 0 Å². The SMILES string of the molecule is CC1(C)OB(c2cn(C3CCOCC3)cn2)OC1(C)C. The Morgan fingerprint density at radius 3 is 2.35 bits per heavy atom. The fourth-order valence-electron chi connectivity index (χ4n) is 2.62. The van der Waals surface area contributed by atoms with Gasteiger partial charge in [-0.2, -0.15) is 0 Å². The maximum absolute atomic E-state index is 6.03. The summed E-state index contributed by atoms with van der Waals surface area (Å²) in [7, 11) is -0.374. The number of hydrogen-bond donors (Lipinski definition) is 0. The summed E-state index contributed by atoms with van der Waals surface area (Å²) in [6.07, 6.45) is 6.02. The highest BCUT2D eigenvalue weighted by Gasteiger charge is 2.52. The van der Waals surface area contributed by atoms with Gasteiger partial charge in [-0.15, -0.1) is 0 Å². The first-order valence-corrected chi connectivity index (χ1v) is 7.36. The summed E-state index contributed by atoms with van der Waals surface area (Å²) in [5.74, 6) is 0. The summed E-state index contributed by atoms with van der Waals surface area (Å²) in [6.45, 7) is 9.89. The first kappa shape index (κ1) is 14.1. The zero-order valence-electron chi connectivity index (χ0n) is 12.8. The van der Waals surface area contributed by atoms with Crippen LogP contribution in [0.15, 0.2) is 12.5 Å². The van der Waals surface area contributed by atoms with Crippen molar-refractivity contribution in [2.75, 3.05) is 13.2 Å². The molecule has 0 radical (unpaired) electrons. The van der Waals surface area contributed by atoms with Gasteiger partial charge in [-0.05, 0) is 40.5 Å². The van der Waals surface area contributed by atoms with Crippen LogP contribution in [-0.4, -0.2) is 41.1 Å². The molecule has 1 aromatic rings. The van der Waals surface area contributed by atoms with E-state index >= 15 is 0 Å². The van der Waals surface area contributed by atoms with Crippen molar-refractivity contribution in [2.45, 2.75) is 57.8 Å². The van der Waals surface area contributed by atoms with Gasteiger partial charge in [0.15, 0.2) is 0 Å². The lowest BCUT2D eigenvalue weighted by molar-refractivity contribution is 0.00578. The van der Waals surface area contributed by atoms with Crippen LogP contribution in [0.25, 0.3) is 0 Å². The minimum absolute atomic E-state index is 0.319. The van der Waals surface area contributed by atoms with Crippen molar-refractivity contribution < 1.29 is 14.0 Å². The Balaban J connectivity index is 1.74. The largest absolute Gasteiger partial charge is 0.516 e. The molecule has 3 heterocycles. The Morgan fingerprint density at radius 1 is 1.15 bits per heavy atom. The fourth-order valence-corrected chi connectivity index (χ4v) is 2.62. The third-order valence-electron chi connectivity index (χ3n) is 4.73. The Morgan fingerprint density at radius 2 is 1.75 bits per heavy atom. The monoisotopic (exact) mass is 278 g/mol. The number of imidazole rings is 1. The van der Waals surface area contributed by atoms with Gasteiger partial charge in [0.05, 0.1) is 23.1 Å². The Hall–Kier alpha value is -0.845. The maximum Gasteiger partial charge on any atom is 0.516 e. The van der Waals surface area contributed by atoms with Crippen LogP contribution in [0.5, 0.6) is 0 Å². The van der Waals surface area contributed by atoms with Crippen LogP contribution in [0.3, 0.4) is 0 Å². The highest BCUT2D eigenvalue weighted by atomic mass is 16.7. The van der Waals surface area contributed by atoms with Crippen LogP contribution < -0.4 is 5.59 Å². The lowest BCUT2D eigenvalue weighted by atomic mass is 9.86. The third kappa shape index (κ3) is 2.40. The molecule has 0 saturated carbocycles. The summed E-state index contributed by atoms with van der Waals surface area (Å²) >= 11 is 0. The summed E-state index contributed by atoms with van der Waals surface area (Å²) in [5.41, 5.74) is 0.218. The first-order chi connectivity index (χ1) is 9.39. The molecule has 0 bridgehead atoms. The Labute approximate surface area is 120 Å². The molecule has 2 saturated heterocycles. The highest BCUT2D eigenvalue weighted by Crippen LogP contribution is 2.36. The maximum atomic E-state index is 6.03. The lowest BCUT2D eigenvalue weighted by Gasteiger charge is -2.32. The first-order valence-electron chi connectivity index (χ1n) is 7.36. The van der Waals surface area contributed by atoms with E-state index in [1.807, 2.05) is 6.33 Å². The topological polar surface area (TPSA) is 45.5 Å². The fraction of sp³-hybridized carbons (Fsp3) is 0.786. The molecular weight excluding hydrogens is 255 g/mol. The molecule has 2 aliphatic rings. The molecule has 0 unspecified atom stereocenters. The normalized spacial score (nSPS) is 26.1. The molecule has 1 aromatic heterocycles. The number of rotatable bonds is 2. The lowest BCUT2D eigenvalue weighted by Crippen LogP contribution is -2.41. The summed E-state index contributed by atoms with van der Waals surface area (Å²) in [6, 6.07) is 0.479. The summed E-state index contributed by atoms with van der Waals surface area (Å²) in [5, 5.41) is 0. The standard InChI is InChI=1S/C14H23BN2O3/c1-13(2)14(3,4)20-15(19-13)12-9-17(10-16-12)11-5-7-18-8-6-11/h9-11H,5-8H2,1-4H3. The number of ether oxygens (including phenoxy) is 1. The van der Waals surface area contributed by atoms with Crippen LogP contribution >= 0.6 is 0 Å². The Bertz CT molecular complexity index is 465. The predicted molar refractivity (Wildman–Crippen MR) is 77.0 cm³/mol. The quantitative estimate of drug-likeness (QED) is 0.770. The van der Waals surface area contributed by atoms with Gasteiger partial charge in [0.1, 0.15) is 0 Å². The molecule has 2 fully saturated rings. The highest BCUT2D eigenvalue weighted by molar-refractivity contribution is 6.61. The smallest absolute Gasteiger partial charge is 0.398 e. The van der Waals surface area contributed by atoms with E-state index in [1.54, 1.807) is 0 Å². The second-order valence-electron chi connectivity index (χ2n) is 6.68. The number of aromatic nitrogens is 2. The zero-order chi connectivity index (χ0) is 14.4. The minimum atomic E-state index is -0.374. The van der Waals surface area contributed by atoms with Crippen molar-refractivity contribution in [2.24, 2.45) is 0 Å². The zero-order valence-corrected chi connectivity index (χ0v) is 12.8. The van der Waals surface area contributed by atoms with E-state index in [0.29, 0.717) is 6.04 Å². The van der Waals surface area contributed by atoms with Gasteiger partial charge in [-0.25, -0.2) is 4.98 Å². The molecule has 20 heavy (non-hydrogen) atoms. The van der Waals surface area contributed by atoms with E-state index < -0.39 is 0 Å². The average molecular weight is 278 g/mol. The molecule has 6 heteroatoms. The van der Waals surface area contributed by atoms with Gasteiger partial charge in [0, 0.05) is 25.5 Å². The van der Waals surface area contributed by atoms with Crippen LogP contribution in [0.4, 0.5) is 0 Å². The van der Waals surface area contributed by atoms with Crippen molar-refractivity contribution in [3.63, 3.8) is 0 Å². The molecular formula is C14H23BN2O3. The van der Waals surface area contributed by atoms with E-state index in [-0.39, 0.29) is 18.3 Å². The molecule has 0 amide bonds. The molecule has 3 rings (SSSR count). The van der Waals surface area contributed by atoms with Crippen LogP contribution in [0, 0.1) is 0 Å². The molecule has 110 valence electrons. The van der Waals surface area contributed by atoms with Crippen LogP contribution in [-0.2, 0) is 14.0 Å².